The highest BCUT2D eigenvalue weighted by molar-refractivity contribution is 5.26. The molecule has 0 amide bonds. The van der Waals surface area contributed by atoms with E-state index in [4.69, 9.17) is 4.74 Å². The Morgan fingerprint density at radius 2 is 2.25 bits per heavy atom. The molecule has 1 atom stereocenters. The molecule has 0 radical (unpaired) electrons. The summed E-state index contributed by atoms with van der Waals surface area (Å²) in [5.41, 5.74) is 2.51. The summed E-state index contributed by atoms with van der Waals surface area (Å²) in [4.78, 5) is 0. The van der Waals surface area contributed by atoms with Crippen LogP contribution in [0.5, 0.6) is 0 Å². The van der Waals surface area contributed by atoms with Crippen LogP contribution in [0.4, 0.5) is 0 Å². The fraction of sp³-hybridized carbons (Fsp3) is 0.750. The number of aromatic nitrogens is 2. The summed E-state index contributed by atoms with van der Waals surface area (Å²) < 4.78 is 8.35. The predicted molar refractivity (Wildman–Crippen MR) is 61.4 cm³/mol. The first-order valence-corrected chi connectivity index (χ1v) is 6.12. The third kappa shape index (κ3) is 1.33. The first-order chi connectivity index (χ1) is 7.73. The molecule has 1 unspecified atom stereocenters. The number of fused-ring (bicyclic) bond motifs is 2. The zero-order chi connectivity index (χ0) is 11.2. The Bertz CT molecular complexity index is 393. The fourth-order valence-corrected chi connectivity index (χ4v) is 2.98. The van der Waals surface area contributed by atoms with E-state index in [9.17, 15) is 0 Å². The van der Waals surface area contributed by atoms with Crippen molar-refractivity contribution in [3.05, 3.63) is 17.5 Å². The zero-order valence-electron chi connectivity index (χ0n) is 9.99. The molecule has 1 fully saturated rings. The van der Waals surface area contributed by atoms with Crippen LogP contribution in [0, 0.1) is 6.92 Å². The molecule has 2 aliphatic heterocycles. The monoisotopic (exact) mass is 221 g/mol. The van der Waals surface area contributed by atoms with E-state index in [0.717, 1.165) is 32.5 Å². The fourth-order valence-electron chi connectivity index (χ4n) is 2.98. The van der Waals surface area contributed by atoms with Crippen molar-refractivity contribution < 1.29 is 4.74 Å². The molecular formula is C12H19N3O. The second kappa shape index (κ2) is 3.57. The molecule has 3 rings (SSSR count). The molecule has 4 heteroatoms. The lowest BCUT2D eigenvalue weighted by Gasteiger charge is -2.43. The Labute approximate surface area is 96.0 Å². The van der Waals surface area contributed by atoms with E-state index in [-0.39, 0.29) is 5.60 Å². The topological polar surface area (TPSA) is 39.1 Å². The summed E-state index contributed by atoms with van der Waals surface area (Å²) in [5.74, 6) is 0. The number of nitrogens with zero attached hydrogens (tertiary/aromatic N) is 2. The molecule has 1 aromatic rings. The lowest BCUT2D eigenvalue weighted by molar-refractivity contribution is -0.109. The van der Waals surface area contributed by atoms with Crippen molar-refractivity contribution in [2.75, 3.05) is 19.7 Å². The molecule has 3 heterocycles. The van der Waals surface area contributed by atoms with Gasteiger partial charge in [0.25, 0.3) is 0 Å². The van der Waals surface area contributed by atoms with Crippen LogP contribution < -0.4 is 5.32 Å². The molecule has 1 N–H and O–H groups in total. The molecule has 0 saturated carbocycles. The molecule has 88 valence electrons. The van der Waals surface area contributed by atoms with Crippen LogP contribution in [-0.2, 0) is 10.3 Å². The van der Waals surface area contributed by atoms with Crippen molar-refractivity contribution in [2.24, 2.45) is 0 Å². The van der Waals surface area contributed by atoms with Gasteiger partial charge in [0.1, 0.15) is 5.60 Å². The van der Waals surface area contributed by atoms with Crippen LogP contribution in [0.1, 0.15) is 37.1 Å². The maximum atomic E-state index is 6.18. The molecule has 16 heavy (non-hydrogen) atoms. The van der Waals surface area contributed by atoms with Crippen LogP contribution in [-0.4, -0.2) is 29.5 Å². The average molecular weight is 221 g/mol. The van der Waals surface area contributed by atoms with Gasteiger partial charge in [-0.3, -0.25) is 4.68 Å². The van der Waals surface area contributed by atoms with Crippen molar-refractivity contribution in [2.45, 2.75) is 38.3 Å². The van der Waals surface area contributed by atoms with E-state index in [2.05, 4.69) is 28.9 Å². The van der Waals surface area contributed by atoms with Gasteiger partial charge in [-0.2, -0.15) is 5.10 Å². The first kappa shape index (κ1) is 10.3. The Morgan fingerprint density at radius 1 is 1.50 bits per heavy atom. The van der Waals surface area contributed by atoms with Crippen molar-refractivity contribution in [3.8, 4) is 0 Å². The molecule has 0 aliphatic carbocycles. The zero-order valence-corrected chi connectivity index (χ0v) is 9.99. The van der Waals surface area contributed by atoms with Gasteiger partial charge in [-0.1, -0.05) is 0 Å². The predicted octanol–water partition coefficient (Wildman–Crippen LogP) is 1.36. The Morgan fingerprint density at radius 3 is 3.00 bits per heavy atom. The second-order valence-electron chi connectivity index (χ2n) is 5.03. The highest BCUT2D eigenvalue weighted by Gasteiger charge is 2.42. The summed E-state index contributed by atoms with van der Waals surface area (Å²) in [6.45, 7) is 7.18. The van der Waals surface area contributed by atoms with Gasteiger partial charge in [-0.25, -0.2) is 0 Å². The summed E-state index contributed by atoms with van der Waals surface area (Å²) in [6.07, 6.45) is 4.10. The van der Waals surface area contributed by atoms with E-state index in [1.807, 2.05) is 6.20 Å². The van der Waals surface area contributed by atoms with Gasteiger partial charge in [0.15, 0.2) is 0 Å². The lowest BCUT2D eigenvalue weighted by atomic mass is 9.85. The Balaban J connectivity index is 2.08. The van der Waals surface area contributed by atoms with E-state index in [1.54, 1.807) is 0 Å². The summed E-state index contributed by atoms with van der Waals surface area (Å²) >= 11 is 0. The quantitative estimate of drug-likeness (QED) is 0.719. The third-order valence-electron chi connectivity index (χ3n) is 3.84. The van der Waals surface area contributed by atoms with E-state index < -0.39 is 0 Å². The molecule has 1 spiro atoms. The van der Waals surface area contributed by atoms with E-state index in [0.29, 0.717) is 6.04 Å². The second-order valence-corrected chi connectivity index (χ2v) is 5.03. The number of piperidine rings is 1. The molecule has 1 saturated heterocycles. The van der Waals surface area contributed by atoms with E-state index in [1.165, 1.54) is 11.3 Å². The molecular weight excluding hydrogens is 202 g/mol. The smallest absolute Gasteiger partial charge is 0.112 e. The average Bonchev–Trinajstić information content (AvgIpc) is 2.70. The molecule has 4 nitrogen and oxygen atoms in total. The van der Waals surface area contributed by atoms with Crippen molar-refractivity contribution in [3.63, 3.8) is 0 Å². The lowest BCUT2D eigenvalue weighted by Crippen LogP contribution is -2.47. The van der Waals surface area contributed by atoms with Gasteiger partial charge in [0.05, 0.1) is 24.5 Å². The minimum atomic E-state index is -0.0711. The van der Waals surface area contributed by atoms with Gasteiger partial charge in [0.2, 0.25) is 0 Å². The third-order valence-corrected chi connectivity index (χ3v) is 3.84. The highest BCUT2D eigenvalue weighted by atomic mass is 16.5. The van der Waals surface area contributed by atoms with Crippen LogP contribution in [0.2, 0.25) is 0 Å². The number of aryl methyl sites for hydroxylation is 1. The van der Waals surface area contributed by atoms with Gasteiger partial charge in [-0.15, -0.1) is 0 Å². The summed E-state index contributed by atoms with van der Waals surface area (Å²) in [5, 5.41) is 7.90. The maximum absolute atomic E-state index is 6.18. The number of hydrogen-bond acceptors (Lipinski definition) is 3. The van der Waals surface area contributed by atoms with Crippen LogP contribution in [0.15, 0.2) is 6.20 Å². The number of ether oxygens (including phenoxy) is 1. The standard InChI is InChI=1S/C12H19N3O/c1-9-7-14-15-10(2)8-16-12(11(9)15)3-5-13-6-4-12/h7,10,13H,3-6,8H2,1-2H3. The van der Waals surface area contributed by atoms with Crippen molar-refractivity contribution >= 4 is 0 Å². The minimum absolute atomic E-state index is 0.0711. The molecule has 0 bridgehead atoms. The summed E-state index contributed by atoms with van der Waals surface area (Å²) in [6, 6.07) is 0.365. The Kier molecular flexibility index (Phi) is 2.30. The number of nitrogens with one attached hydrogen (secondary N) is 1. The summed E-state index contributed by atoms with van der Waals surface area (Å²) in [7, 11) is 0. The van der Waals surface area contributed by atoms with Crippen molar-refractivity contribution in [1.29, 1.82) is 0 Å². The Hall–Kier alpha value is -0.870. The maximum Gasteiger partial charge on any atom is 0.112 e. The van der Waals surface area contributed by atoms with Gasteiger partial charge in [0, 0.05) is 0 Å². The molecule has 2 aliphatic rings. The SMILES string of the molecule is Cc1cnn2c1C1(CCNCC1)OCC2C. The van der Waals surface area contributed by atoms with Gasteiger partial charge >= 0.3 is 0 Å². The van der Waals surface area contributed by atoms with Crippen LogP contribution in [0.3, 0.4) is 0 Å². The van der Waals surface area contributed by atoms with E-state index >= 15 is 0 Å². The minimum Gasteiger partial charge on any atom is -0.366 e. The number of hydrogen-bond donors (Lipinski definition) is 1. The van der Waals surface area contributed by atoms with Crippen molar-refractivity contribution in [1.82, 2.24) is 15.1 Å². The largest absolute Gasteiger partial charge is 0.366 e. The first-order valence-electron chi connectivity index (χ1n) is 6.12. The van der Waals surface area contributed by atoms with Crippen LogP contribution in [0.25, 0.3) is 0 Å². The molecule has 1 aromatic heterocycles. The van der Waals surface area contributed by atoms with Gasteiger partial charge < -0.3 is 10.1 Å². The number of rotatable bonds is 0. The van der Waals surface area contributed by atoms with Crippen LogP contribution >= 0.6 is 0 Å². The van der Waals surface area contributed by atoms with Gasteiger partial charge in [-0.05, 0) is 45.3 Å². The normalized spacial score (nSPS) is 28.0. The molecule has 0 aromatic carbocycles. The highest BCUT2D eigenvalue weighted by Crippen LogP contribution is 2.41.